The molecule has 1 aliphatic rings. The van der Waals surface area contributed by atoms with Gasteiger partial charge in [-0.05, 0) is 37.5 Å². The number of hydrogen-bond donors (Lipinski definition) is 2. The van der Waals surface area contributed by atoms with Crippen LogP contribution in [0.2, 0.25) is 0 Å². The minimum Gasteiger partial charge on any atom is -0.383 e. The number of aromatic nitrogens is 2. The maximum atomic E-state index is 12.5. The lowest BCUT2D eigenvalue weighted by molar-refractivity contribution is -0.129. The van der Waals surface area contributed by atoms with E-state index in [-0.39, 0.29) is 23.8 Å². The quantitative estimate of drug-likeness (QED) is 0.896. The van der Waals surface area contributed by atoms with Gasteiger partial charge in [0, 0.05) is 24.7 Å². The summed E-state index contributed by atoms with van der Waals surface area (Å²) in [6.07, 6.45) is 6.43. The number of nitrogens with zero attached hydrogens (tertiary/aromatic N) is 2. The molecule has 0 saturated heterocycles. The van der Waals surface area contributed by atoms with Crippen LogP contribution < -0.4 is 5.32 Å². The zero-order chi connectivity index (χ0) is 16.5. The molecule has 0 spiro atoms. The van der Waals surface area contributed by atoms with E-state index in [1.807, 2.05) is 7.05 Å². The second kappa shape index (κ2) is 6.03. The number of hydrogen-bond acceptors (Lipinski definition) is 3. The van der Waals surface area contributed by atoms with Crippen molar-refractivity contribution in [1.29, 1.82) is 0 Å². The van der Waals surface area contributed by atoms with Crippen molar-refractivity contribution < 1.29 is 9.90 Å². The smallest absolute Gasteiger partial charge is 0.223 e. The van der Waals surface area contributed by atoms with Crippen molar-refractivity contribution in [3.63, 3.8) is 0 Å². The van der Waals surface area contributed by atoms with Crippen molar-refractivity contribution >= 4 is 5.91 Å². The first-order valence-corrected chi connectivity index (χ1v) is 8.08. The maximum Gasteiger partial charge on any atom is 0.223 e. The Labute approximate surface area is 133 Å². The molecule has 5 heteroatoms. The van der Waals surface area contributed by atoms with Gasteiger partial charge in [0.2, 0.25) is 5.91 Å². The molecule has 5 nitrogen and oxygen atoms in total. The van der Waals surface area contributed by atoms with Crippen molar-refractivity contribution in [1.82, 2.24) is 15.1 Å². The number of carbonyl (C=O) groups excluding carboxylic acids is 1. The summed E-state index contributed by atoms with van der Waals surface area (Å²) in [4.78, 5) is 12.5. The van der Waals surface area contributed by atoms with Crippen molar-refractivity contribution in [3.8, 4) is 0 Å². The van der Waals surface area contributed by atoms with E-state index in [1.54, 1.807) is 24.0 Å². The Morgan fingerprint density at radius 3 is 2.77 bits per heavy atom. The van der Waals surface area contributed by atoms with Crippen LogP contribution >= 0.6 is 0 Å². The molecule has 0 aliphatic heterocycles. The number of nitrogens with one attached hydrogen (secondary N) is 1. The molecule has 3 unspecified atom stereocenters. The Bertz CT molecular complexity index is 534. The molecule has 124 valence electrons. The third-order valence-electron chi connectivity index (χ3n) is 4.69. The SMILES string of the molecule is CC1CC(C(=O)NCC(C)(O)c2cnn(C)c2)CC(C)(C)C1. The lowest BCUT2D eigenvalue weighted by atomic mass is 9.68. The molecule has 1 aromatic heterocycles. The Morgan fingerprint density at radius 2 is 2.23 bits per heavy atom. The maximum absolute atomic E-state index is 12.5. The van der Waals surface area contributed by atoms with Crippen LogP contribution in [0.25, 0.3) is 0 Å². The molecule has 0 aromatic carbocycles. The molecule has 0 bridgehead atoms. The van der Waals surface area contributed by atoms with E-state index >= 15 is 0 Å². The van der Waals surface area contributed by atoms with Crippen LogP contribution in [0, 0.1) is 17.3 Å². The van der Waals surface area contributed by atoms with Crippen LogP contribution in [0.4, 0.5) is 0 Å². The summed E-state index contributed by atoms with van der Waals surface area (Å²) in [5.74, 6) is 0.672. The van der Waals surface area contributed by atoms with E-state index in [0.717, 1.165) is 12.8 Å². The van der Waals surface area contributed by atoms with Gasteiger partial charge in [0.05, 0.1) is 12.7 Å². The minimum atomic E-state index is -1.10. The van der Waals surface area contributed by atoms with E-state index in [1.165, 1.54) is 6.42 Å². The topological polar surface area (TPSA) is 67.2 Å². The summed E-state index contributed by atoms with van der Waals surface area (Å²) >= 11 is 0. The second-order valence-corrected chi connectivity index (χ2v) is 8.00. The first-order valence-electron chi connectivity index (χ1n) is 8.08. The summed E-state index contributed by atoms with van der Waals surface area (Å²) in [5.41, 5.74) is -0.168. The van der Waals surface area contributed by atoms with Crippen LogP contribution in [-0.4, -0.2) is 27.3 Å². The Balaban J connectivity index is 1.94. The fourth-order valence-electron chi connectivity index (χ4n) is 3.75. The summed E-state index contributed by atoms with van der Waals surface area (Å²) in [6, 6.07) is 0. The van der Waals surface area contributed by atoms with Crippen molar-refractivity contribution in [2.45, 2.75) is 52.6 Å². The first-order chi connectivity index (χ1) is 10.1. The molecule has 1 fully saturated rings. The number of aliphatic hydroxyl groups is 1. The summed E-state index contributed by atoms with van der Waals surface area (Å²) < 4.78 is 1.65. The Hall–Kier alpha value is -1.36. The molecule has 1 amide bonds. The highest BCUT2D eigenvalue weighted by Crippen LogP contribution is 2.41. The van der Waals surface area contributed by atoms with E-state index in [9.17, 15) is 9.90 Å². The highest BCUT2D eigenvalue weighted by atomic mass is 16.3. The molecular formula is C17H29N3O2. The monoisotopic (exact) mass is 307 g/mol. The van der Waals surface area contributed by atoms with Gasteiger partial charge in [0.25, 0.3) is 0 Å². The number of carbonyl (C=O) groups is 1. The normalized spacial score (nSPS) is 27.2. The van der Waals surface area contributed by atoms with Crippen molar-refractivity contribution in [2.75, 3.05) is 6.54 Å². The molecule has 3 atom stereocenters. The second-order valence-electron chi connectivity index (χ2n) is 8.00. The lowest BCUT2D eigenvalue weighted by Gasteiger charge is -2.38. The van der Waals surface area contributed by atoms with Crippen molar-refractivity contribution in [3.05, 3.63) is 18.0 Å². The third-order valence-corrected chi connectivity index (χ3v) is 4.69. The Kier molecular flexibility index (Phi) is 4.66. The van der Waals surface area contributed by atoms with Crippen molar-refractivity contribution in [2.24, 2.45) is 24.3 Å². The largest absolute Gasteiger partial charge is 0.383 e. The predicted octanol–water partition coefficient (Wildman–Crippen LogP) is 2.21. The van der Waals surface area contributed by atoms with Crippen LogP contribution in [0.3, 0.4) is 0 Å². The van der Waals surface area contributed by atoms with Crippen LogP contribution in [0.5, 0.6) is 0 Å². The number of amides is 1. The zero-order valence-electron chi connectivity index (χ0n) is 14.4. The van der Waals surface area contributed by atoms with Gasteiger partial charge in [-0.25, -0.2) is 0 Å². The lowest BCUT2D eigenvalue weighted by Crippen LogP contribution is -2.43. The van der Waals surface area contributed by atoms with Gasteiger partial charge < -0.3 is 10.4 Å². The van der Waals surface area contributed by atoms with E-state index < -0.39 is 5.60 Å². The molecule has 1 aliphatic carbocycles. The highest BCUT2D eigenvalue weighted by molar-refractivity contribution is 5.78. The summed E-state index contributed by atoms with van der Waals surface area (Å²) in [6.45, 7) is 8.59. The molecule has 0 radical (unpaired) electrons. The van der Waals surface area contributed by atoms with Gasteiger partial charge in [0.1, 0.15) is 5.60 Å². The third kappa shape index (κ3) is 4.09. The number of aryl methyl sites for hydroxylation is 1. The van der Waals surface area contributed by atoms with E-state index in [0.29, 0.717) is 11.5 Å². The molecule has 1 aromatic rings. The molecule has 1 heterocycles. The minimum absolute atomic E-state index is 0.0449. The van der Waals surface area contributed by atoms with Gasteiger partial charge in [-0.2, -0.15) is 5.10 Å². The average Bonchev–Trinajstić information content (AvgIpc) is 2.81. The van der Waals surface area contributed by atoms with Crippen LogP contribution in [0.15, 0.2) is 12.4 Å². The average molecular weight is 307 g/mol. The van der Waals surface area contributed by atoms with Crippen LogP contribution in [0.1, 0.15) is 52.5 Å². The van der Waals surface area contributed by atoms with Gasteiger partial charge in [-0.3, -0.25) is 9.48 Å². The van der Waals surface area contributed by atoms with Gasteiger partial charge in [-0.1, -0.05) is 20.8 Å². The summed E-state index contributed by atoms with van der Waals surface area (Å²) in [5, 5.41) is 17.5. The first kappa shape index (κ1) is 17.0. The molecule has 2 rings (SSSR count). The van der Waals surface area contributed by atoms with Crippen LogP contribution in [-0.2, 0) is 17.4 Å². The standard InChI is InChI=1S/C17H29N3O2/c1-12-6-13(8-16(2,3)7-12)15(21)18-11-17(4,22)14-9-19-20(5)10-14/h9-10,12-13,22H,6-8,11H2,1-5H3,(H,18,21). The molecule has 1 saturated carbocycles. The fraction of sp³-hybridized carbons (Fsp3) is 0.765. The zero-order valence-corrected chi connectivity index (χ0v) is 14.4. The molecule has 22 heavy (non-hydrogen) atoms. The van der Waals surface area contributed by atoms with Gasteiger partial charge >= 0.3 is 0 Å². The van der Waals surface area contributed by atoms with Gasteiger partial charge in [-0.15, -0.1) is 0 Å². The van der Waals surface area contributed by atoms with Gasteiger partial charge in [0.15, 0.2) is 0 Å². The van der Waals surface area contributed by atoms with E-state index in [2.05, 4.69) is 31.2 Å². The molecular weight excluding hydrogens is 278 g/mol. The summed E-state index contributed by atoms with van der Waals surface area (Å²) in [7, 11) is 1.81. The fourth-order valence-corrected chi connectivity index (χ4v) is 3.75. The molecule has 2 N–H and O–H groups in total. The highest BCUT2D eigenvalue weighted by Gasteiger charge is 2.36. The van der Waals surface area contributed by atoms with E-state index in [4.69, 9.17) is 0 Å². The predicted molar refractivity (Wildman–Crippen MR) is 86.1 cm³/mol. The Morgan fingerprint density at radius 1 is 1.55 bits per heavy atom. The number of rotatable bonds is 4.